The van der Waals surface area contributed by atoms with Crippen molar-refractivity contribution in [2.24, 2.45) is 0 Å². The van der Waals surface area contributed by atoms with Crippen molar-refractivity contribution >= 4 is 16.7 Å². The van der Waals surface area contributed by atoms with Gasteiger partial charge in [0, 0.05) is 18.4 Å². The zero-order valence-electron chi connectivity index (χ0n) is 16.6. The number of carbonyl (C=O) groups excluding carboxylic acids is 1. The number of halogens is 3. The van der Waals surface area contributed by atoms with Crippen molar-refractivity contribution in [2.75, 3.05) is 13.2 Å². The molecular formula is C22H27F3N2O2. The number of hydrogen-bond acceptors (Lipinski definition) is 3. The van der Waals surface area contributed by atoms with Gasteiger partial charge in [0.05, 0.1) is 6.61 Å². The first-order valence-corrected chi connectivity index (χ1v) is 10.2. The van der Waals surface area contributed by atoms with Gasteiger partial charge in [0.25, 0.3) is 0 Å². The van der Waals surface area contributed by atoms with Gasteiger partial charge in [-0.25, -0.2) is 5.01 Å². The number of benzene rings is 2. The topological polar surface area (TPSA) is 41.6 Å². The van der Waals surface area contributed by atoms with Gasteiger partial charge in [-0.1, -0.05) is 56.9 Å². The highest BCUT2D eigenvalue weighted by molar-refractivity contribution is 5.89. The van der Waals surface area contributed by atoms with Crippen LogP contribution in [0.5, 0.6) is 5.75 Å². The maximum atomic E-state index is 13.9. The molecule has 1 N–H and O–H groups in total. The van der Waals surface area contributed by atoms with E-state index >= 15 is 0 Å². The van der Waals surface area contributed by atoms with E-state index in [9.17, 15) is 18.0 Å². The summed E-state index contributed by atoms with van der Waals surface area (Å²) in [4.78, 5) is 11.5. The van der Waals surface area contributed by atoms with Gasteiger partial charge in [-0.05, 0) is 29.5 Å². The second-order valence-electron chi connectivity index (χ2n) is 7.43. The molecular weight excluding hydrogens is 381 g/mol. The van der Waals surface area contributed by atoms with Crippen LogP contribution < -0.4 is 10.2 Å². The van der Waals surface area contributed by atoms with Gasteiger partial charge in [-0.3, -0.25) is 10.2 Å². The molecule has 1 heterocycles. The summed E-state index contributed by atoms with van der Waals surface area (Å²) in [5.74, 6) is 0.0527. The first-order valence-electron chi connectivity index (χ1n) is 10.2. The van der Waals surface area contributed by atoms with Crippen LogP contribution in [-0.2, 0) is 4.79 Å². The van der Waals surface area contributed by atoms with Gasteiger partial charge in [-0.2, -0.15) is 13.2 Å². The molecule has 1 aliphatic rings. The summed E-state index contributed by atoms with van der Waals surface area (Å²) in [6.45, 7) is 2.63. The summed E-state index contributed by atoms with van der Waals surface area (Å²) in [5, 5.41) is 2.45. The lowest BCUT2D eigenvalue weighted by Gasteiger charge is -2.29. The normalized spacial score (nSPS) is 16.2. The van der Waals surface area contributed by atoms with Crippen LogP contribution in [0.2, 0.25) is 0 Å². The Morgan fingerprint density at radius 2 is 1.90 bits per heavy atom. The molecule has 0 spiro atoms. The Morgan fingerprint density at radius 3 is 2.59 bits per heavy atom. The zero-order chi connectivity index (χ0) is 20.9. The van der Waals surface area contributed by atoms with Crippen molar-refractivity contribution in [1.29, 1.82) is 0 Å². The fourth-order valence-corrected chi connectivity index (χ4v) is 3.70. The van der Waals surface area contributed by atoms with Crippen LogP contribution in [0, 0.1) is 0 Å². The average Bonchev–Trinajstić information content (AvgIpc) is 3.09. The van der Waals surface area contributed by atoms with E-state index in [-0.39, 0.29) is 18.5 Å². The quantitative estimate of drug-likeness (QED) is 0.555. The molecule has 2 aromatic carbocycles. The van der Waals surface area contributed by atoms with Gasteiger partial charge >= 0.3 is 6.18 Å². The first-order chi connectivity index (χ1) is 13.9. The van der Waals surface area contributed by atoms with Gasteiger partial charge in [0.15, 0.2) is 0 Å². The number of hydrogen-bond donors (Lipinski definition) is 1. The lowest BCUT2D eigenvalue weighted by Crippen LogP contribution is -2.43. The van der Waals surface area contributed by atoms with Crippen LogP contribution in [0.3, 0.4) is 0 Å². The summed E-state index contributed by atoms with van der Waals surface area (Å²) in [5.41, 5.74) is 2.40. The summed E-state index contributed by atoms with van der Waals surface area (Å²) in [7, 11) is 0. The molecule has 1 fully saturated rings. The Labute approximate surface area is 169 Å². The Hall–Kier alpha value is -2.28. The number of nitrogens with zero attached hydrogens (tertiary/aromatic N) is 1. The van der Waals surface area contributed by atoms with Crippen LogP contribution in [0.15, 0.2) is 36.4 Å². The number of amides is 1. The highest BCUT2D eigenvalue weighted by atomic mass is 19.4. The predicted molar refractivity (Wildman–Crippen MR) is 106 cm³/mol. The van der Waals surface area contributed by atoms with Crippen molar-refractivity contribution in [3.05, 3.63) is 42.0 Å². The van der Waals surface area contributed by atoms with E-state index < -0.39 is 18.1 Å². The number of carbonyl (C=O) groups is 1. The van der Waals surface area contributed by atoms with E-state index in [1.807, 2.05) is 12.1 Å². The van der Waals surface area contributed by atoms with Crippen molar-refractivity contribution in [3.8, 4) is 5.75 Å². The van der Waals surface area contributed by atoms with E-state index in [1.165, 1.54) is 18.6 Å². The maximum absolute atomic E-state index is 13.9. The van der Waals surface area contributed by atoms with E-state index in [1.54, 1.807) is 12.1 Å². The van der Waals surface area contributed by atoms with E-state index in [4.69, 9.17) is 4.74 Å². The van der Waals surface area contributed by atoms with E-state index in [2.05, 4.69) is 12.3 Å². The molecule has 7 heteroatoms. The molecule has 158 valence electrons. The lowest BCUT2D eigenvalue weighted by molar-refractivity contribution is -0.191. The van der Waals surface area contributed by atoms with Crippen molar-refractivity contribution < 1.29 is 22.7 Å². The minimum absolute atomic E-state index is 0.0173. The molecule has 4 nitrogen and oxygen atoms in total. The number of unbranched alkanes of at least 4 members (excludes halogenated alkanes) is 4. The number of alkyl halides is 3. The average molecular weight is 408 g/mol. The van der Waals surface area contributed by atoms with E-state index in [0.29, 0.717) is 17.7 Å². The molecule has 2 aromatic rings. The summed E-state index contributed by atoms with van der Waals surface area (Å²) in [6.07, 6.45) is 0.886. The standard InChI is InChI=1S/C22H27F3N2O2/c1-2-3-4-5-8-13-29-19-15-17(14-16-9-6-7-10-18(16)19)21(22(23,24)25)27-12-11-20(28)26-27/h6-7,9-10,14-15,21H,2-5,8,11-13H2,1H3,(H,26,28). The van der Waals surface area contributed by atoms with Crippen molar-refractivity contribution in [1.82, 2.24) is 10.4 Å². The molecule has 0 radical (unpaired) electrons. The maximum Gasteiger partial charge on any atom is 0.409 e. The van der Waals surface area contributed by atoms with Crippen LogP contribution in [0.1, 0.15) is 57.1 Å². The fourth-order valence-electron chi connectivity index (χ4n) is 3.70. The summed E-state index contributed by atoms with van der Waals surface area (Å²) < 4.78 is 47.6. The van der Waals surface area contributed by atoms with Crippen molar-refractivity contribution in [2.45, 2.75) is 57.7 Å². The fraction of sp³-hybridized carbons (Fsp3) is 0.500. The van der Waals surface area contributed by atoms with Gasteiger partial charge < -0.3 is 4.74 Å². The minimum Gasteiger partial charge on any atom is -0.493 e. The largest absolute Gasteiger partial charge is 0.493 e. The lowest BCUT2D eigenvalue weighted by atomic mass is 10.00. The molecule has 3 rings (SSSR count). The van der Waals surface area contributed by atoms with Gasteiger partial charge in [0.1, 0.15) is 11.8 Å². The number of nitrogens with one attached hydrogen (secondary N) is 1. The molecule has 0 bridgehead atoms. The number of hydrazine groups is 1. The molecule has 1 atom stereocenters. The molecule has 1 saturated heterocycles. The molecule has 1 amide bonds. The zero-order valence-corrected chi connectivity index (χ0v) is 16.6. The van der Waals surface area contributed by atoms with Crippen LogP contribution >= 0.6 is 0 Å². The van der Waals surface area contributed by atoms with E-state index in [0.717, 1.165) is 36.1 Å². The van der Waals surface area contributed by atoms with Gasteiger partial charge in [-0.15, -0.1) is 0 Å². The molecule has 0 aromatic heterocycles. The van der Waals surface area contributed by atoms with Crippen LogP contribution in [-0.4, -0.2) is 30.2 Å². The molecule has 1 unspecified atom stereocenters. The predicted octanol–water partition coefficient (Wildman–Crippen LogP) is 5.53. The Bertz CT molecular complexity index is 838. The number of rotatable bonds is 9. The molecule has 29 heavy (non-hydrogen) atoms. The highest BCUT2D eigenvalue weighted by Gasteiger charge is 2.47. The first kappa shape index (κ1) is 21.4. The smallest absolute Gasteiger partial charge is 0.409 e. The third kappa shape index (κ3) is 5.41. The Kier molecular flexibility index (Phi) is 7.00. The second-order valence-corrected chi connectivity index (χ2v) is 7.43. The highest BCUT2D eigenvalue weighted by Crippen LogP contribution is 2.41. The van der Waals surface area contributed by atoms with Crippen LogP contribution in [0.25, 0.3) is 10.8 Å². The SMILES string of the molecule is CCCCCCCOc1cc(C(N2CCC(=O)N2)C(F)(F)F)cc2ccccc12. The molecule has 1 aliphatic heterocycles. The van der Waals surface area contributed by atoms with Crippen molar-refractivity contribution in [3.63, 3.8) is 0 Å². The molecule has 0 saturated carbocycles. The minimum atomic E-state index is -4.53. The van der Waals surface area contributed by atoms with Crippen LogP contribution in [0.4, 0.5) is 13.2 Å². The third-order valence-electron chi connectivity index (χ3n) is 5.14. The monoisotopic (exact) mass is 408 g/mol. The third-order valence-corrected chi connectivity index (χ3v) is 5.14. The summed E-state index contributed by atoms with van der Waals surface area (Å²) >= 11 is 0. The summed E-state index contributed by atoms with van der Waals surface area (Å²) in [6, 6.07) is 8.36. The Morgan fingerprint density at radius 1 is 1.14 bits per heavy atom. The molecule has 0 aliphatic carbocycles. The Balaban J connectivity index is 1.87. The number of fused-ring (bicyclic) bond motifs is 1. The number of ether oxygens (including phenoxy) is 1. The van der Waals surface area contributed by atoms with Gasteiger partial charge in [0.2, 0.25) is 5.91 Å². The second kappa shape index (κ2) is 9.48.